The topological polar surface area (TPSA) is 87.7 Å². The van der Waals surface area contributed by atoms with Gasteiger partial charge in [-0.05, 0) is 30.3 Å². The molecule has 0 heterocycles. The normalized spacial score (nSPS) is 10.1. The van der Waals surface area contributed by atoms with Gasteiger partial charge in [0, 0.05) is 50.3 Å². The molecule has 0 atom stereocenters. The van der Waals surface area contributed by atoms with Crippen LogP contribution in [-0.2, 0) is 20.9 Å². The van der Waals surface area contributed by atoms with Crippen LogP contribution in [-0.4, -0.2) is 36.3 Å². The second-order valence-corrected chi connectivity index (χ2v) is 6.31. The smallest absolute Gasteiger partial charge is 0.226 e. The fourth-order valence-corrected chi connectivity index (χ4v) is 2.69. The number of para-hydroxylation sites is 1. The molecular formula is C21H25N3O4. The van der Waals surface area contributed by atoms with Gasteiger partial charge in [0.2, 0.25) is 17.7 Å². The van der Waals surface area contributed by atoms with Crippen molar-refractivity contribution in [1.82, 2.24) is 4.90 Å². The van der Waals surface area contributed by atoms with Gasteiger partial charge in [-0.3, -0.25) is 14.4 Å². The van der Waals surface area contributed by atoms with Gasteiger partial charge in [0.15, 0.2) is 0 Å². The number of methoxy groups -OCH3 is 1. The Morgan fingerprint density at radius 3 is 2.11 bits per heavy atom. The zero-order valence-corrected chi connectivity index (χ0v) is 16.3. The number of amides is 3. The van der Waals surface area contributed by atoms with Crippen molar-refractivity contribution in [3.05, 3.63) is 54.1 Å². The summed E-state index contributed by atoms with van der Waals surface area (Å²) in [4.78, 5) is 36.8. The van der Waals surface area contributed by atoms with Crippen LogP contribution in [0.4, 0.5) is 11.4 Å². The second kappa shape index (κ2) is 10.1. The molecule has 2 rings (SSSR count). The molecular weight excluding hydrogens is 358 g/mol. The van der Waals surface area contributed by atoms with Crippen LogP contribution in [0.2, 0.25) is 0 Å². The highest BCUT2D eigenvalue weighted by Gasteiger charge is 2.14. The highest BCUT2D eigenvalue weighted by atomic mass is 16.5. The number of hydrogen-bond donors (Lipinski definition) is 2. The number of nitrogens with zero attached hydrogens (tertiary/aromatic N) is 1. The standard InChI is InChI=1S/C21H25N3O4/c1-15(25)22-18-8-10-19(11-9-18)23-21(27)12-13-24(16(2)26)14-17-6-4-5-7-20(17)28-3/h4-11H,12-14H2,1-3H3,(H,22,25)(H,23,27). The van der Waals surface area contributed by atoms with E-state index in [0.717, 1.165) is 5.56 Å². The molecule has 0 aliphatic carbocycles. The maximum Gasteiger partial charge on any atom is 0.226 e. The second-order valence-electron chi connectivity index (χ2n) is 6.31. The number of carbonyl (C=O) groups excluding carboxylic acids is 3. The van der Waals surface area contributed by atoms with Crippen molar-refractivity contribution >= 4 is 29.1 Å². The average molecular weight is 383 g/mol. The van der Waals surface area contributed by atoms with Crippen LogP contribution in [0.1, 0.15) is 25.8 Å². The summed E-state index contributed by atoms with van der Waals surface area (Å²) in [6, 6.07) is 14.3. The third kappa shape index (κ3) is 6.42. The van der Waals surface area contributed by atoms with E-state index >= 15 is 0 Å². The van der Waals surface area contributed by atoms with Gasteiger partial charge in [-0.2, -0.15) is 0 Å². The van der Waals surface area contributed by atoms with E-state index in [0.29, 0.717) is 30.2 Å². The van der Waals surface area contributed by atoms with Gasteiger partial charge in [0.05, 0.1) is 7.11 Å². The van der Waals surface area contributed by atoms with Crippen LogP contribution < -0.4 is 15.4 Å². The van der Waals surface area contributed by atoms with Gasteiger partial charge in [-0.1, -0.05) is 18.2 Å². The first-order valence-electron chi connectivity index (χ1n) is 8.94. The van der Waals surface area contributed by atoms with Gasteiger partial charge in [-0.25, -0.2) is 0 Å². The summed E-state index contributed by atoms with van der Waals surface area (Å²) in [6.45, 7) is 3.58. The average Bonchev–Trinajstić information content (AvgIpc) is 2.66. The minimum atomic E-state index is -0.196. The number of hydrogen-bond acceptors (Lipinski definition) is 4. The monoisotopic (exact) mass is 383 g/mol. The molecule has 0 spiro atoms. The Morgan fingerprint density at radius 2 is 1.54 bits per heavy atom. The van der Waals surface area contributed by atoms with E-state index in [9.17, 15) is 14.4 Å². The van der Waals surface area contributed by atoms with Crippen molar-refractivity contribution in [2.45, 2.75) is 26.8 Å². The lowest BCUT2D eigenvalue weighted by molar-refractivity contribution is -0.130. The van der Waals surface area contributed by atoms with E-state index in [4.69, 9.17) is 4.74 Å². The molecule has 0 aliphatic heterocycles. The molecule has 0 unspecified atom stereocenters. The number of carbonyl (C=O) groups is 3. The van der Waals surface area contributed by atoms with Crippen molar-refractivity contribution in [3.8, 4) is 5.75 Å². The van der Waals surface area contributed by atoms with Crippen molar-refractivity contribution in [2.75, 3.05) is 24.3 Å². The molecule has 0 aromatic heterocycles. The van der Waals surface area contributed by atoms with Crippen LogP contribution in [0.25, 0.3) is 0 Å². The Kier molecular flexibility index (Phi) is 7.56. The molecule has 0 fully saturated rings. The maximum absolute atomic E-state index is 12.2. The third-order valence-corrected chi connectivity index (χ3v) is 4.10. The van der Waals surface area contributed by atoms with Crippen molar-refractivity contribution in [3.63, 3.8) is 0 Å². The number of benzene rings is 2. The number of ether oxygens (including phenoxy) is 1. The summed E-state index contributed by atoms with van der Waals surface area (Å²) in [5, 5.41) is 5.45. The minimum absolute atomic E-state index is 0.113. The highest BCUT2D eigenvalue weighted by Crippen LogP contribution is 2.19. The fourth-order valence-electron chi connectivity index (χ4n) is 2.69. The lowest BCUT2D eigenvalue weighted by atomic mass is 10.2. The van der Waals surface area contributed by atoms with E-state index < -0.39 is 0 Å². The first kappa shape index (κ1) is 21.0. The molecule has 2 aromatic rings. The van der Waals surface area contributed by atoms with Gasteiger partial charge >= 0.3 is 0 Å². The van der Waals surface area contributed by atoms with E-state index in [1.807, 2.05) is 24.3 Å². The predicted molar refractivity (Wildman–Crippen MR) is 108 cm³/mol. The van der Waals surface area contributed by atoms with Crippen molar-refractivity contribution in [1.29, 1.82) is 0 Å². The summed E-state index contributed by atoms with van der Waals surface area (Å²) in [5.74, 6) is 0.241. The van der Waals surface area contributed by atoms with E-state index in [2.05, 4.69) is 10.6 Å². The molecule has 7 heteroatoms. The lowest BCUT2D eigenvalue weighted by Gasteiger charge is -2.22. The number of nitrogens with one attached hydrogen (secondary N) is 2. The van der Waals surface area contributed by atoms with Crippen molar-refractivity contribution in [2.24, 2.45) is 0 Å². The largest absolute Gasteiger partial charge is 0.496 e. The molecule has 2 aromatic carbocycles. The van der Waals surface area contributed by atoms with Gasteiger partial charge < -0.3 is 20.3 Å². The molecule has 148 valence electrons. The van der Waals surface area contributed by atoms with Crippen LogP contribution in [0, 0.1) is 0 Å². The van der Waals surface area contributed by atoms with Gasteiger partial charge in [0.1, 0.15) is 5.75 Å². The van der Waals surface area contributed by atoms with E-state index in [1.165, 1.54) is 13.8 Å². The molecule has 0 bridgehead atoms. The Bertz CT molecular complexity index is 834. The Hall–Kier alpha value is -3.35. The van der Waals surface area contributed by atoms with Crippen LogP contribution in [0.5, 0.6) is 5.75 Å². The van der Waals surface area contributed by atoms with Crippen LogP contribution in [0.15, 0.2) is 48.5 Å². The van der Waals surface area contributed by atoms with Crippen LogP contribution in [0.3, 0.4) is 0 Å². The Balaban J connectivity index is 1.91. The fraction of sp³-hybridized carbons (Fsp3) is 0.286. The molecule has 0 saturated heterocycles. The molecule has 7 nitrogen and oxygen atoms in total. The van der Waals surface area contributed by atoms with Gasteiger partial charge in [0.25, 0.3) is 0 Å². The molecule has 28 heavy (non-hydrogen) atoms. The zero-order valence-electron chi connectivity index (χ0n) is 16.3. The SMILES string of the molecule is COc1ccccc1CN(CCC(=O)Nc1ccc(NC(C)=O)cc1)C(C)=O. The summed E-state index contributed by atoms with van der Waals surface area (Å²) >= 11 is 0. The van der Waals surface area contributed by atoms with E-state index in [-0.39, 0.29) is 24.1 Å². The predicted octanol–water partition coefficient (Wildman–Crippen LogP) is 3.03. The van der Waals surface area contributed by atoms with Crippen LogP contribution >= 0.6 is 0 Å². The summed E-state index contributed by atoms with van der Waals surface area (Å²) in [7, 11) is 1.58. The van der Waals surface area contributed by atoms with Gasteiger partial charge in [-0.15, -0.1) is 0 Å². The number of anilines is 2. The summed E-state index contributed by atoms with van der Waals surface area (Å²) in [6.07, 6.45) is 0.169. The first-order chi connectivity index (χ1) is 13.4. The molecule has 2 N–H and O–H groups in total. The third-order valence-electron chi connectivity index (χ3n) is 4.10. The minimum Gasteiger partial charge on any atom is -0.496 e. The summed E-state index contributed by atoms with van der Waals surface area (Å²) < 4.78 is 5.32. The summed E-state index contributed by atoms with van der Waals surface area (Å²) in [5.41, 5.74) is 2.16. The zero-order chi connectivity index (χ0) is 20.5. The first-order valence-corrected chi connectivity index (χ1v) is 8.94. The number of rotatable bonds is 8. The maximum atomic E-state index is 12.2. The molecule has 0 radical (unpaired) electrons. The Labute approximate surface area is 164 Å². The van der Waals surface area contributed by atoms with Crippen molar-refractivity contribution < 1.29 is 19.1 Å². The lowest BCUT2D eigenvalue weighted by Crippen LogP contribution is -2.31. The van der Waals surface area contributed by atoms with E-state index in [1.54, 1.807) is 36.3 Å². The quantitative estimate of drug-likeness (QED) is 0.733. The molecule has 0 aliphatic rings. The highest BCUT2D eigenvalue weighted by molar-refractivity contribution is 5.92. The Morgan fingerprint density at radius 1 is 0.929 bits per heavy atom. The molecule has 3 amide bonds. The molecule has 0 saturated carbocycles.